The zero-order valence-electron chi connectivity index (χ0n) is 20.8. The molecule has 0 unspecified atom stereocenters. The van der Waals surface area contributed by atoms with Crippen LogP contribution in [0.25, 0.3) is 0 Å². The van der Waals surface area contributed by atoms with Crippen LogP contribution in [0.15, 0.2) is 73.8 Å². The van der Waals surface area contributed by atoms with E-state index in [1.54, 1.807) is 19.1 Å². The van der Waals surface area contributed by atoms with Gasteiger partial charge < -0.3 is 20.4 Å². The van der Waals surface area contributed by atoms with Crippen molar-refractivity contribution >= 4 is 39.3 Å². The highest BCUT2D eigenvalue weighted by atomic mass is 32.2. The number of nitrogens with one attached hydrogen (secondary N) is 3. The second-order valence-corrected chi connectivity index (χ2v) is 11.7. The lowest BCUT2D eigenvalue weighted by atomic mass is 9.85. The molecule has 2 amide bonds. The number of allylic oxidation sites excluding steroid dienone is 2. The molecule has 1 atom stereocenters. The molecule has 2 aliphatic rings. The molecule has 1 aliphatic heterocycles. The van der Waals surface area contributed by atoms with Crippen molar-refractivity contribution in [1.29, 1.82) is 5.26 Å². The molecule has 2 aromatic rings. The van der Waals surface area contributed by atoms with Gasteiger partial charge in [-0.1, -0.05) is 31.0 Å². The summed E-state index contributed by atoms with van der Waals surface area (Å²) >= 11 is 1.21. The van der Waals surface area contributed by atoms with E-state index >= 15 is 0 Å². The number of dihydropyridines is 1. The fraction of sp³-hybridized carbons (Fsp3) is 0.346. The number of furan rings is 1. The summed E-state index contributed by atoms with van der Waals surface area (Å²) in [6.45, 7) is 1.71. The first kappa shape index (κ1) is 27.5. The van der Waals surface area contributed by atoms with Gasteiger partial charge in [0.1, 0.15) is 5.76 Å². The van der Waals surface area contributed by atoms with Crippen molar-refractivity contribution in [3.05, 3.63) is 70.3 Å². The Morgan fingerprint density at radius 1 is 1.18 bits per heavy atom. The van der Waals surface area contributed by atoms with E-state index in [4.69, 9.17) is 9.56 Å². The second kappa shape index (κ2) is 11.9. The Morgan fingerprint density at radius 3 is 2.50 bits per heavy atom. The Kier molecular flexibility index (Phi) is 8.61. The third-order valence-corrected chi connectivity index (χ3v) is 8.42. The fourth-order valence-electron chi connectivity index (χ4n) is 4.65. The Bertz CT molecular complexity index is 1400. The van der Waals surface area contributed by atoms with Crippen molar-refractivity contribution in [1.82, 2.24) is 10.6 Å². The summed E-state index contributed by atoms with van der Waals surface area (Å²) in [6, 6.07) is 11.2. The highest BCUT2D eigenvalue weighted by Gasteiger charge is 2.36. The number of nitriles is 1. The number of anilines is 1. The van der Waals surface area contributed by atoms with Gasteiger partial charge in [0.05, 0.1) is 45.1 Å². The van der Waals surface area contributed by atoms with Crippen LogP contribution < -0.4 is 21.1 Å². The monoisotopic (exact) mass is 555 g/mol. The topological polar surface area (TPSA) is 167 Å². The highest BCUT2D eigenvalue weighted by molar-refractivity contribution is 8.03. The maximum absolute atomic E-state index is 13.4. The Labute approximate surface area is 225 Å². The van der Waals surface area contributed by atoms with E-state index < -0.39 is 21.8 Å². The van der Waals surface area contributed by atoms with E-state index in [1.807, 2.05) is 0 Å². The smallest absolute Gasteiger partial charge is 0.254 e. The molecule has 1 aromatic heterocycles. The first-order valence-electron chi connectivity index (χ1n) is 12.2. The lowest BCUT2D eigenvalue weighted by Gasteiger charge is -2.28. The summed E-state index contributed by atoms with van der Waals surface area (Å²) in [5.41, 5.74) is 1.38. The Balaban J connectivity index is 1.55. The molecule has 1 aromatic carbocycles. The summed E-state index contributed by atoms with van der Waals surface area (Å²) in [4.78, 5) is 25.9. The number of benzene rings is 1. The van der Waals surface area contributed by atoms with Crippen LogP contribution in [0.3, 0.4) is 0 Å². The summed E-state index contributed by atoms with van der Waals surface area (Å²) in [6.07, 6.45) is 6.84. The van der Waals surface area contributed by atoms with Gasteiger partial charge in [-0.3, -0.25) is 9.59 Å². The van der Waals surface area contributed by atoms with Gasteiger partial charge in [0, 0.05) is 17.4 Å². The van der Waals surface area contributed by atoms with Crippen LogP contribution in [0.4, 0.5) is 5.69 Å². The van der Waals surface area contributed by atoms with E-state index in [0.29, 0.717) is 22.2 Å². The Hall–Kier alpha value is -3.53. The maximum atomic E-state index is 13.4. The molecule has 1 aliphatic carbocycles. The zero-order valence-corrected chi connectivity index (χ0v) is 22.5. The summed E-state index contributed by atoms with van der Waals surface area (Å²) in [7, 11) is -3.87. The predicted molar refractivity (Wildman–Crippen MR) is 144 cm³/mol. The third-order valence-electron chi connectivity index (χ3n) is 6.48. The van der Waals surface area contributed by atoms with Crippen LogP contribution in [-0.4, -0.2) is 32.0 Å². The molecule has 0 bridgehead atoms. The standard InChI is InChI=1S/C26H29N5O5S2/c1-16-23(25(33)31-18-9-11-19(12-10-18)38(28,34)35)24(21-8-5-13-36-21)20(14-27)26(29-16)37-15-22(32)30-17-6-3-2-4-7-17/h5,8-13,17,24,29H,2-4,6-7,15H2,1H3,(H,30,32)(H,31,33)(H2,28,34,35)/t24-/m0/s1. The van der Waals surface area contributed by atoms with Crippen LogP contribution in [0.5, 0.6) is 0 Å². The highest BCUT2D eigenvalue weighted by Crippen LogP contribution is 2.41. The summed E-state index contributed by atoms with van der Waals surface area (Å²) < 4.78 is 28.7. The van der Waals surface area contributed by atoms with Crippen molar-refractivity contribution in [3.8, 4) is 6.07 Å². The van der Waals surface area contributed by atoms with E-state index in [-0.39, 0.29) is 33.7 Å². The number of sulfonamides is 1. The maximum Gasteiger partial charge on any atom is 0.254 e. The van der Waals surface area contributed by atoms with Gasteiger partial charge in [0.2, 0.25) is 15.9 Å². The number of nitrogens with zero attached hydrogens (tertiary/aromatic N) is 1. The largest absolute Gasteiger partial charge is 0.468 e. The molecule has 1 fully saturated rings. The van der Waals surface area contributed by atoms with Gasteiger partial charge in [-0.05, 0) is 56.2 Å². The van der Waals surface area contributed by atoms with Gasteiger partial charge in [0.25, 0.3) is 5.91 Å². The lowest BCUT2D eigenvalue weighted by Crippen LogP contribution is -2.37. The normalized spacial score (nSPS) is 18.5. The fourth-order valence-corrected chi connectivity index (χ4v) is 6.07. The molecule has 200 valence electrons. The van der Waals surface area contributed by atoms with Crippen LogP contribution in [-0.2, 0) is 19.6 Å². The minimum absolute atomic E-state index is 0.0809. The number of nitrogens with two attached hydrogens (primary N) is 1. The number of carbonyl (C=O) groups is 2. The van der Waals surface area contributed by atoms with Crippen molar-refractivity contribution < 1.29 is 22.4 Å². The minimum atomic E-state index is -3.87. The molecule has 2 heterocycles. The third kappa shape index (κ3) is 6.48. The van der Waals surface area contributed by atoms with Crippen molar-refractivity contribution in [2.45, 2.75) is 55.9 Å². The molecule has 38 heavy (non-hydrogen) atoms. The summed E-state index contributed by atoms with van der Waals surface area (Å²) in [5.74, 6) is -0.867. The van der Waals surface area contributed by atoms with Crippen LogP contribution in [0.1, 0.15) is 50.7 Å². The van der Waals surface area contributed by atoms with Gasteiger partial charge >= 0.3 is 0 Å². The van der Waals surface area contributed by atoms with Crippen LogP contribution in [0.2, 0.25) is 0 Å². The first-order chi connectivity index (χ1) is 18.2. The number of rotatable bonds is 8. The van der Waals surface area contributed by atoms with Gasteiger partial charge in [-0.2, -0.15) is 5.26 Å². The molecule has 5 N–H and O–H groups in total. The molecule has 0 spiro atoms. The molecule has 4 rings (SSSR count). The second-order valence-electron chi connectivity index (χ2n) is 9.18. The van der Waals surface area contributed by atoms with Crippen molar-refractivity contribution in [3.63, 3.8) is 0 Å². The van der Waals surface area contributed by atoms with Crippen molar-refractivity contribution in [2.24, 2.45) is 5.14 Å². The average Bonchev–Trinajstić information content (AvgIpc) is 3.42. The van der Waals surface area contributed by atoms with E-state index in [2.05, 4.69) is 22.0 Å². The number of amides is 2. The number of primary sulfonamides is 1. The van der Waals surface area contributed by atoms with Crippen LogP contribution >= 0.6 is 11.8 Å². The summed E-state index contributed by atoms with van der Waals surface area (Å²) in [5, 5.41) is 24.7. The molecule has 10 nitrogen and oxygen atoms in total. The zero-order chi connectivity index (χ0) is 27.3. The SMILES string of the molecule is CC1=C(C(=O)Nc2ccc(S(N)(=O)=O)cc2)[C@H](c2ccco2)C(C#N)=C(SCC(=O)NC2CCCCC2)N1. The number of hydrogen-bond acceptors (Lipinski definition) is 8. The number of hydrogen-bond donors (Lipinski definition) is 4. The molecule has 12 heteroatoms. The molecule has 0 radical (unpaired) electrons. The first-order valence-corrected chi connectivity index (χ1v) is 14.7. The lowest BCUT2D eigenvalue weighted by molar-refractivity contribution is -0.119. The predicted octanol–water partition coefficient (Wildman–Crippen LogP) is 3.44. The van der Waals surface area contributed by atoms with Gasteiger partial charge in [0.15, 0.2) is 0 Å². The Morgan fingerprint density at radius 2 is 1.89 bits per heavy atom. The van der Waals surface area contributed by atoms with Crippen LogP contribution in [0, 0.1) is 11.3 Å². The van der Waals surface area contributed by atoms with E-state index in [1.165, 1.54) is 48.7 Å². The minimum Gasteiger partial charge on any atom is -0.468 e. The van der Waals surface area contributed by atoms with E-state index in [9.17, 15) is 23.3 Å². The molecular formula is C26H29N5O5S2. The number of carbonyl (C=O) groups excluding carboxylic acids is 2. The quantitative estimate of drug-likeness (QED) is 0.384. The van der Waals surface area contributed by atoms with Crippen molar-refractivity contribution in [2.75, 3.05) is 11.1 Å². The van der Waals surface area contributed by atoms with E-state index in [0.717, 1.165) is 25.7 Å². The molecular weight excluding hydrogens is 526 g/mol. The van der Waals surface area contributed by atoms with Gasteiger partial charge in [-0.25, -0.2) is 13.6 Å². The molecule has 1 saturated carbocycles. The number of thioether (sulfide) groups is 1. The average molecular weight is 556 g/mol. The van der Waals surface area contributed by atoms with Gasteiger partial charge in [-0.15, -0.1) is 0 Å². The molecule has 0 saturated heterocycles.